The summed E-state index contributed by atoms with van der Waals surface area (Å²) in [7, 11) is 1.94. The summed E-state index contributed by atoms with van der Waals surface area (Å²) in [5.74, 6) is 0.778. The third-order valence-electron chi connectivity index (χ3n) is 3.26. The van der Waals surface area contributed by atoms with Crippen molar-refractivity contribution < 1.29 is 0 Å². The Kier molecular flexibility index (Phi) is 3.82. The van der Waals surface area contributed by atoms with E-state index in [4.69, 9.17) is 11.6 Å². The van der Waals surface area contributed by atoms with Crippen molar-refractivity contribution in [1.82, 2.24) is 19.7 Å². The van der Waals surface area contributed by atoms with Crippen LogP contribution in [0, 0.1) is 6.92 Å². The van der Waals surface area contributed by atoms with E-state index >= 15 is 0 Å². The Balaban J connectivity index is 1.91. The van der Waals surface area contributed by atoms with Crippen molar-refractivity contribution in [3.8, 4) is 0 Å². The van der Waals surface area contributed by atoms with Crippen molar-refractivity contribution in [3.63, 3.8) is 0 Å². The quantitative estimate of drug-likeness (QED) is 0.746. The van der Waals surface area contributed by atoms with Crippen LogP contribution in [0.15, 0.2) is 12.3 Å². The minimum atomic E-state index is 0.272. The number of hydrogen-bond acceptors (Lipinski definition) is 5. The van der Waals surface area contributed by atoms with E-state index in [1.54, 1.807) is 11.3 Å². The Morgan fingerprint density at radius 3 is 2.95 bits per heavy atom. The maximum atomic E-state index is 6.01. The van der Waals surface area contributed by atoms with Gasteiger partial charge in [-0.3, -0.25) is 4.68 Å². The van der Waals surface area contributed by atoms with Gasteiger partial charge in [0.2, 0.25) is 5.28 Å². The van der Waals surface area contributed by atoms with Crippen LogP contribution in [0.1, 0.15) is 23.1 Å². The molecular weight excluding hydrogens is 306 g/mol. The number of rotatable bonds is 4. The molecule has 21 heavy (non-hydrogen) atoms. The van der Waals surface area contributed by atoms with Gasteiger partial charge in [0.1, 0.15) is 10.6 Å². The first-order valence-corrected chi connectivity index (χ1v) is 7.95. The van der Waals surface area contributed by atoms with Gasteiger partial charge in [0.05, 0.1) is 11.1 Å². The zero-order valence-corrected chi connectivity index (χ0v) is 13.7. The lowest BCUT2D eigenvalue weighted by Gasteiger charge is -2.06. The molecule has 0 amide bonds. The zero-order chi connectivity index (χ0) is 15.0. The van der Waals surface area contributed by atoms with Crippen LogP contribution < -0.4 is 5.32 Å². The van der Waals surface area contributed by atoms with Gasteiger partial charge in [-0.05, 0) is 31.0 Å². The molecule has 0 unspecified atom stereocenters. The van der Waals surface area contributed by atoms with E-state index in [1.165, 1.54) is 10.4 Å². The Bertz CT molecular complexity index is 792. The molecule has 3 aromatic heterocycles. The van der Waals surface area contributed by atoms with Gasteiger partial charge >= 0.3 is 0 Å². The van der Waals surface area contributed by atoms with E-state index in [0.29, 0.717) is 6.54 Å². The molecule has 7 heteroatoms. The minimum absolute atomic E-state index is 0.272. The molecule has 0 aromatic carbocycles. The molecular formula is C14H16ClN5S. The van der Waals surface area contributed by atoms with E-state index < -0.39 is 0 Å². The maximum Gasteiger partial charge on any atom is 0.225 e. The first-order valence-electron chi connectivity index (χ1n) is 6.75. The summed E-state index contributed by atoms with van der Waals surface area (Å²) >= 11 is 7.63. The Hall–Kier alpha value is -1.66. The molecule has 0 spiro atoms. The van der Waals surface area contributed by atoms with E-state index in [2.05, 4.69) is 40.3 Å². The van der Waals surface area contributed by atoms with Gasteiger partial charge in [-0.2, -0.15) is 5.10 Å². The largest absolute Gasteiger partial charge is 0.365 e. The first kappa shape index (κ1) is 14.3. The normalized spacial score (nSPS) is 11.2. The molecule has 3 heterocycles. The predicted octanol–water partition coefficient (Wildman–Crippen LogP) is 3.56. The lowest BCUT2D eigenvalue weighted by Crippen LogP contribution is -2.03. The molecule has 3 aromatic rings. The molecule has 3 rings (SSSR count). The summed E-state index contributed by atoms with van der Waals surface area (Å²) in [6.45, 7) is 4.84. The van der Waals surface area contributed by atoms with Crippen LogP contribution in [0.4, 0.5) is 5.82 Å². The molecule has 5 nitrogen and oxygen atoms in total. The number of nitrogens with one attached hydrogen (secondary N) is 1. The van der Waals surface area contributed by atoms with Crippen LogP contribution in [-0.2, 0) is 20.0 Å². The smallest absolute Gasteiger partial charge is 0.225 e. The number of halogens is 1. The summed E-state index contributed by atoms with van der Waals surface area (Å²) in [6.07, 6.45) is 2.94. The molecule has 0 fully saturated rings. The van der Waals surface area contributed by atoms with Gasteiger partial charge in [0.15, 0.2) is 0 Å². The van der Waals surface area contributed by atoms with Crippen LogP contribution >= 0.6 is 22.9 Å². The molecule has 110 valence electrons. The van der Waals surface area contributed by atoms with E-state index in [9.17, 15) is 0 Å². The van der Waals surface area contributed by atoms with E-state index in [1.807, 2.05) is 17.9 Å². The Morgan fingerprint density at radius 1 is 1.38 bits per heavy atom. The van der Waals surface area contributed by atoms with Crippen LogP contribution in [0.3, 0.4) is 0 Å². The standard InChI is InChI=1S/C14H16ClN5S/c1-4-11-9(7-20(3)19-11)6-16-12-10-5-8(2)21-13(10)18-14(15)17-12/h5,7H,4,6H2,1-3H3,(H,16,17,18). The van der Waals surface area contributed by atoms with Crippen LogP contribution in [0.25, 0.3) is 10.2 Å². The van der Waals surface area contributed by atoms with Gasteiger partial charge in [0, 0.05) is 30.2 Å². The number of hydrogen-bond donors (Lipinski definition) is 1. The lowest BCUT2D eigenvalue weighted by atomic mass is 10.2. The fourth-order valence-corrected chi connectivity index (χ4v) is 3.46. The maximum absolute atomic E-state index is 6.01. The highest BCUT2D eigenvalue weighted by Gasteiger charge is 2.11. The van der Waals surface area contributed by atoms with E-state index in [0.717, 1.165) is 28.1 Å². The van der Waals surface area contributed by atoms with Crippen LogP contribution in [0.5, 0.6) is 0 Å². The van der Waals surface area contributed by atoms with Crippen LogP contribution in [-0.4, -0.2) is 19.7 Å². The monoisotopic (exact) mass is 321 g/mol. The topological polar surface area (TPSA) is 55.6 Å². The number of fused-ring (bicyclic) bond motifs is 1. The minimum Gasteiger partial charge on any atom is -0.365 e. The summed E-state index contributed by atoms with van der Waals surface area (Å²) in [6, 6.07) is 2.09. The summed E-state index contributed by atoms with van der Waals surface area (Å²) in [5.41, 5.74) is 2.28. The van der Waals surface area contributed by atoms with Gasteiger partial charge in [-0.25, -0.2) is 9.97 Å². The molecule has 0 saturated heterocycles. The number of nitrogens with zero attached hydrogens (tertiary/aromatic N) is 4. The van der Waals surface area contributed by atoms with Crippen molar-refractivity contribution >= 4 is 39.0 Å². The average Bonchev–Trinajstić information content (AvgIpc) is 2.97. The average molecular weight is 322 g/mol. The van der Waals surface area contributed by atoms with Crippen molar-refractivity contribution in [2.75, 3.05) is 5.32 Å². The Morgan fingerprint density at radius 2 is 2.19 bits per heavy atom. The molecule has 0 radical (unpaired) electrons. The molecule has 0 aliphatic carbocycles. The number of aryl methyl sites for hydroxylation is 3. The van der Waals surface area contributed by atoms with Crippen LogP contribution in [0.2, 0.25) is 5.28 Å². The summed E-state index contributed by atoms with van der Waals surface area (Å²) < 4.78 is 1.84. The highest BCUT2D eigenvalue weighted by molar-refractivity contribution is 7.18. The fraction of sp³-hybridized carbons (Fsp3) is 0.357. The van der Waals surface area contributed by atoms with Crippen molar-refractivity contribution in [2.45, 2.75) is 26.8 Å². The fourth-order valence-electron chi connectivity index (χ4n) is 2.36. The third kappa shape index (κ3) is 2.87. The van der Waals surface area contributed by atoms with Gasteiger partial charge in [0.25, 0.3) is 0 Å². The highest BCUT2D eigenvalue weighted by Crippen LogP contribution is 2.29. The second-order valence-corrected chi connectivity index (χ2v) is 6.47. The number of thiophene rings is 1. The highest BCUT2D eigenvalue weighted by atomic mass is 35.5. The first-order chi connectivity index (χ1) is 10.1. The Labute approximate surface area is 132 Å². The van der Waals surface area contributed by atoms with Gasteiger partial charge in [-0.1, -0.05) is 6.92 Å². The van der Waals surface area contributed by atoms with Gasteiger partial charge in [-0.15, -0.1) is 11.3 Å². The lowest BCUT2D eigenvalue weighted by molar-refractivity contribution is 0.746. The van der Waals surface area contributed by atoms with E-state index in [-0.39, 0.29) is 5.28 Å². The summed E-state index contributed by atoms with van der Waals surface area (Å²) in [5, 5.41) is 9.10. The van der Waals surface area contributed by atoms with Crippen molar-refractivity contribution in [2.24, 2.45) is 7.05 Å². The zero-order valence-electron chi connectivity index (χ0n) is 12.1. The molecule has 0 bridgehead atoms. The summed E-state index contributed by atoms with van der Waals surface area (Å²) in [4.78, 5) is 10.7. The van der Waals surface area contributed by atoms with Crippen molar-refractivity contribution in [1.29, 1.82) is 0 Å². The second-order valence-electron chi connectivity index (χ2n) is 4.90. The third-order valence-corrected chi connectivity index (χ3v) is 4.38. The van der Waals surface area contributed by atoms with Crippen molar-refractivity contribution in [3.05, 3.63) is 33.7 Å². The number of anilines is 1. The second kappa shape index (κ2) is 5.61. The molecule has 0 atom stereocenters. The predicted molar refractivity (Wildman–Crippen MR) is 87.1 cm³/mol. The van der Waals surface area contributed by atoms with Gasteiger partial charge < -0.3 is 5.32 Å². The number of aromatic nitrogens is 4. The SMILES string of the molecule is CCc1nn(C)cc1CNc1nc(Cl)nc2sc(C)cc12. The molecule has 1 N–H and O–H groups in total. The molecule has 0 aliphatic heterocycles. The molecule has 0 aliphatic rings. The molecule has 0 saturated carbocycles.